The third-order valence-electron chi connectivity index (χ3n) is 6.97. The van der Waals surface area contributed by atoms with Crippen LogP contribution in [0.3, 0.4) is 0 Å². The molecule has 0 aromatic carbocycles. The van der Waals surface area contributed by atoms with Crippen LogP contribution in [0.1, 0.15) is 65.7 Å². The van der Waals surface area contributed by atoms with Gasteiger partial charge in [-0.25, -0.2) is 4.98 Å². The second kappa shape index (κ2) is 10.9. The lowest BCUT2D eigenvalue weighted by Crippen LogP contribution is -2.30. The molecule has 0 spiro atoms. The van der Waals surface area contributed by atoms with Gasteiger partial charge in [0, 0.05) is 40.0 Å². The first-order chi connectivity index (χ1) is 17.1. The zero-order chi connectivity index (χ0) is 24.2. The van der Waals surface area contributed by atoms with E-state index in [0.717, 1.165) is 58.4 Å². The largest absolute Gasteiger partial charge is 0.352 e. The van der Waals surface area contributed by atoms with E-state index in [1.165, 1.54) is 37.0 Å². The van der Waals surface area contributed by atoms with E-state index < -0.39 is 0 Å². The molecule has 1 fully saturated rings. The first kappa shape index (κ1) is 23.9. The zero-order valence-electron chi connectivity index (χ0n) is 20.4. The van der Waals surface area contributed by atoms with Gasteiger partial charge in [-0.15, -0.1) is 22.7 Å². The van der Waals surface area contributed by atoms with Crippen LogP contribution >= 0.6 is 22.7 Å². The van der Waals surface area contributed by atoms with Gasteiger partial charge in [-0.2, -0.15) is 0 Å². The maximum absolute atomic E-state index is 13.3. The number of thiophene rings is 1. The molecular weight excluding hydrogens is 472 g/mol. The second-order valence-corrected chi connectivity index (χ2v) is 11.2. The molecule has 7 heteroatoms. The van der Waals surface area contributed by atoms with Crippen LogP contribution in [0, 0.1) is 12.8 Å². The summed E-state index contributed by atoms with van der Waals surface area (Å²) in [6.07, 6.45) is 9.09. The van der Waals surface area contributed by atoms with Crippen molar-refractivity contribution in [3.8, 4) is 22.0 Å². The van der Waals surface area contributed by atoms with Crippen LogP contribution in [-0.4, -0.2) is 27.0 Å². The number of hydrogen-bond acceptors (Lipinski definition) is 5. The molecule has 0 atom stereocenters. The quantitative estimate of drug-likeness (QED) is 0.282. The average Bonchev–Trinajstić information content (AvgIpc) is 3.65. The van der Waals surface area contributed by atoms with Crippen molar-refractivity contribution in [1.29, 1.82) is 0 Å². The molecule has 0 unspecified atom stereocenters. The van der Waals surface area contributed by atoms with Crippen molar-refractivity contribution in [2.45, 2.75) is 58.9 Å². The van der Waals surface area contributed by atoms with Gasteiger partial charge in [-0.05, 0) is 61.7 Å². The van der Waals surface area contributed by atoms with Crippen molar-refractivity contribution in [3.63, 3.8) is 0 Å². The molecule has 1 aliphatic carbocycles. The Morgan fingerprint density at radius 2 is 2.03 bits per heavy atom. The highest BCUT2D eigenvalue weighted by Gasteiger charge is 2.22. The van der Waals surface area contributed by atoms with Gasteiger partial charge in [0.2, 0.25) is 0 Å². The predicted molar refractivity (Wildman–Crippen MR) is 145 cm³/mol. The van der Waals surface area contributed by atoms with E-state index in [0.29, 0.717) is 5.92 Å². The molecule has 1 N–H and O–H groups in total. The fourth-order valence-electron chi connectivity index (χ4n) is 4.90. The number of rotatable bonds is 8. The first-order valence-electron chi connectivity index (χ1n) is 12.5. The molecule has 0 saturated heterocycles. The molecule has 1 saturated carbocycles. The molecular formula is C28H32N4OS2. The Kier molecular flexibility index (Phi) is 7.44. The second-order valence-electron chi connectivity index (χ2n) is 9.34. The number of nitrogens with zero attached hydrogens (tertiary/aromatic N) is 3. The summed E-state index contributed by atoms with van der Waals surface area (Å²) in [5.74, 6) is 0.631. The number of nitrogens with one attached hydrogen (secondary N) is 1. The molecule has 5 nitrogen and oxygen atoms in total. The van der Waals surface area contributed by atoms with E-state index >= 15 is 0 Å². The minimum atomic E-state index is 0.0245. The molecule has 35 heavy (non-hydrogen) atoms. The summed E-state index contributed by atoms with van der Waals surface area (Å²) in [6.45, 7) is 5.67. The number of carbonyl (C=O) groups is 1. The van der Waals surface area contributed by atoms with Crippen molar-refractivity contribution in [2.75, 3.05) is 6.54 Å². The van der Waals surface area contributed by atoms with Crippen LogP contribution in [0.25, 0.3) is 22.0 Å². The molecule has 0 bridgehead atoms. The minimum absolute atomic E-state index is 0.0245. The molecule has 182 valence electrons. The number of pyridine rings is 1. The fourth-order valence-corrected chi connectivity index (χ4v) is 6.40. The molecule has 0 aliphatic heterocycles. The van der Waals surface area contributed by atoms with Crippen LogP contribution < -0.4 is 5.32 Å². The summed E-state index contributed by atoms with van der Waals surface area (Å²) in [7, 11) is 0. The molecule has 1 aliphatic rings. The van der Waals surface area contributed by atoms with Gasteiger partial charge < -0.3 is 9.88 Å². The third kappa shape index (κ3) is 5.41. The molecule has 0 radical (unpaired) electrons. The van der Waals surface area contributed by atoms with E-state index in [1.807, 2.05) is 18.3 Å². The number of aromatic nitrogens is 3. The summed E-state index contributed by atoms with van der Waals surface area (Å²) >= 11 is 3.37. The van der Waals surface area contributed by atoms with Gasteiger partial charge in [-0.3, -0.25) is 9.78 Å². The first-order valence-corrected chi connectivity index (χ1v) is 14.3. The van der Waals surface area contributed by atoms with Gasteiger partial charge in [-0.1, -0.05) is 32.3 Å². The normalized spacial score (nSPS) is 14.3. The van der Waals surface area contributed by atoms with E-state index in [2.05, 4.69) is 57.7 Å². The maximum Gasteiger partial charge on any atom is 0.253 e. The number of amides is 1. The van der Waals surface area contributed by atoms with Gasteiger partial charge in [0.05, 0.1) is 23.5 Å². The monoisotopic (exact) mass is 504 g/mol. The zero-order valence-corrected chi connectivity index (χ0v) is 22.1. The Balaban J connectivity index is 1.45. The molecule has 4 aromatic heterocycles. The number of hydrogen-bond donors (Lipinski definition) is 1. The number of thiazole rings is 1. The maximum atomic E-state index is 13.3. The molecule has 1 amide bonds. The summed E-state index contributed by atoms with van der Waals surface area (Å²) < 4.78 is 2.24. The highest BCUT2D eigenvalue weighted by molar-refractivity contribution is 7.13. The Labute approximate surface area is 215 Å². The molecule has 4 heterocycles. The topological polar surface area (TPSA) is 59.8 Å². The highest BCUT2D eigenvalue weighted by Crippen LogP contribution is 2.33. The lowest BCUT2D eigenvalue weighted by molar-refractivity contribution is 0.0943. The third-order valence-corrected chi connectivity index (χ3v) is 8.73. The van der Waals surface area contributed by atoms with E-state index in [9.17, 15) is 4.79 Å². The van der Waals surface area contributed by atoms with Gasteiger partial charge in [0.15, 0.2) is 0 Å². The SMILES string of the molecule is CCc1cc(-c2nc(-c3cc(C(=O)NCC4CCCCC4)c(C)n3Cc3cccs3)cs2)ccn1. The summed E-state index contributed by atoms with van der Waals surface area (Å²) in [5, 5.41) is 8.40. The Morgan fingerprint density at radius 1 is 1.17 bits per heavy atom. The lowest BCUT2D eigenvalue weighted by Gasteiger charge is -2.21. The van der Waals surface area contributed by atoms with Crippen LogP contribution in [0.2, 0.25) is 0 Å². The number of aryl methyl sites for hydroxylation is 1. The van der Waals surface area contributed by atoms with Crippen molar-refractivity contribution in [1.82, 2.24) is 19.9 Å². The van der Waals surface area contributed by atoms with E-state index in [1.54, 1.807) is 22.7 Å². The summed E-state index contributed by atoms with van der Waals surface area (Å²) in [5.41, 5.74) is 5.79. The lowest BCUT2D eigenvalue weighted by atomic mass is 9.89. The van der Waals surface area contributed by atoms with Crippen LogP contribution in [0.15, 0.2) is 47.3 Å². The van der Waals surface area contributed by atoms with Gasteiger partial charge in [0.25, 0.3) is 5.91 Å². The van der Waals surface area contributed by atoms with Crippen molar-refractivity contribution in [2.24, 2.45) is 5.92 Å². The van der Waals surface area contributed by atoms with Crippen molar-refractivity contribution in [3.05, 3.63) is 69.1 Å². The van der Waals surface area contributed by atoms with Gasteiger partial charge in [0.1, 0.15) is 5.01 Å². The summed E-state index contributed by atoms with van der Waals surface area (Å²) in [6, 6.07) is 10.4. The fraction of sp³-hybridized carbons (Fsp3) is 0.393. The Hall–Kier alpha value is -2.77. The van der Waals surface area contributed by atoms with E-state index in [4.69, 9.17) is 4.98 Å². The van der Waals surface area contributed by atoms with Crippen LogP contribution in [0.4, 0.5) is 0 Å². The van der Waals surface area contributed by atoms with Crippen molar-refractivity contribution < 1.29 is 4.79 Å². The number of carbonyl (C=O) groups excluding carboxylic acids is 1. The Bertz CT molecular complexity index is 1280. The smallest absolute Gasteiger partial charge is 0.253 e. The molecule has 4 aromatic rings. The average molecular weight is 505 g/mol. The Morgan fingerprint density at radius 3 is 2.80 bits per heavy atom. The highest BCUT2D eigenvalue weighted by atomic mass is 32.1. The van der Waals surface area contributed by atoms with Gasteiger partial charge >= 0.3 is 0 Å². The van der Waals surface area contributed by atoms with Crippen LogP contribution in [-0.2, 0) is 13.0 Å². The minimum Gasteiger partial charge on any atom is -0.352 e. The van der Waals surface area contributed by atoms with Crippen LogP contribution in [0.5, 0.6) is 0 Å². The van der Waals surface area contributed by atoms with Crippen molar-refractivity contribution >= 4 is 28.6 Å². The predicted octanol–water partition coefficient (Wildman–Crippen LogP) is 6.96. The summed E-state index contributed by atoms with van der Waals surface area (Å²) in [4.78, 5) is 23.9. The standard InChI is InChI=1S/C28H32N4OS2/c1-3-22-14-21(11-12-29-22)28-31-25(18-35-28)26-15-24(19(2)32(26)17-23-10-7-13-34-23)27(33)30-16-20-8-5-4-6-9-20/h7,10-15,18,20H,3-6,8-9,16-17H2,1-2H3,(H,30,33). The molecule has 5 rings (SSSR count). The van der Waals surface area contributed by atoms with E-state index in [-0.39, 0.29) is 5.91 Å².